The predicted molar refractivity (Wildman–Crippen MR) is 96.3 cm³/mol. The summed E-state index contributed by atoms with van der Waals surface area (Å²) in [4.78, 5) is 26.0. The molecule has 1 fully saturated rings. The molecule has 1 saturated carbocycles. The first-order valence-corrected chi connectivity index (χ1v) is 9.07. The summed E-state index contributed by atoms with van der Waals surface area (Å²) in [5.41, 5.74) is 2.01. The van der Waals surface area contributed by atoms with Gasteiger partial charge < -0.3 is 15.3 Å². The molecule has 2 N–H and O–H groups in total. The van der Waals surface area contributed by atoms with Crippen molar-refractivity contribution in [3.8, 4) is 0 Å². The molecule has 1 heterocycles. The van der Waals surface area contributed by atoms with Crippen molar-refractivity contribution in [1.29, 1.82) is 0 Å². The molecular formula is C20H26N2O3. The van der Waals surface area contributed by atoms with Crippen LogP contribution in [0.15, 0.2) is 30.5 Å². The molecule has 1 aliphatic carbocycles. The number of hydrogen-bond donors (Lipinski definition) is 2. The van der Waals surface area contributed by atoms with Gasteiger partial charge in [-0.15, -0.1) is 0 Å². The van der Waals surface area contributed by atoms with Crippen LogP contribution in [-0.4, -0.2) is 34.5 Å². The summed E-state index contributed by atoms with van der Waals surface area (Å²) >= 11 is 0. The highest BCUT2D eigenvalue weighted by molar-refractivity contribution is 5.81. The number of aliphatic hydroxyl groups excluding tert-OH is 1. The average molecular weight is 342 g/mol. The Morgan fingerprint density at radius 2 is 2.00 bits per heavy atom. The van der Waals surface area contributed by atoms with Crippen molar-refractivity contribution in [2.45, 2.75) is 51.2 Å². The normalized spacial score (nSPS) is 21.0. The number of fused-ring (bicyclic) bond motifs is 1. The Balaban J connectivity index is 1.63. The highest BCUT2D eigenvalue weighted by Crippen LogP contribution is 2.33. The molecule has 0 bridgehead atoms. The molecule has 2 unspecified atom stereocenters. The molecule has 0 aromatic heterocycles. The van der Waals surface area contributed by atoms with Crippen molar-refractivity contribution in [3.05, 3.63) is 41.6 Å². The highest BCUT2D eigenvalue weighted by atomic mass is 16.3. The van der Waals surface area contributed by atoms with Crippen LogP contribution in [0.1, 0.15) is 56.2 Å². The smallest absolute Gasteiger partial charge is 0.223 e. The number of aliphatic hydroxyl groups is 1. The number of carbonyl (C=O) groups excluding carboxylic acids is 2. The molecular weight excluding hydrogens is 316 g/mol. The summed E-state index contributed by atoms with van der Waals surface area (Å²) in [6.07, 6.45) is 7.76. The van der Waals surface area contributed by atoms with Gasteiger partial charge in [0.25, 0.3) is 0 Å². The van der Waals surface area contributed by atoms with Crippen LogP contribution in [0, 0.1) is 5.92 Å². The lowest BCUT2D eigenvalue weighted by Gasteiger charge is -2.32. The van der Waals surface area contributed by atoms with Crippen molar-refractivity contribution in [1.82, 2.24) is 10.2 Å². The van der Waals surface area contributed by atoms with Gasteiger partial charge in [-0.05, 0) is 36.0 Å². The van der Waals surface area contributed by atoms with Gasteiger partial charge in [-0.1, -0.05) is 37.1 Å². The molecule has 134 valence electrons. The minimum absolute atomic E-state index is 0.0884. The molecule has 0 saturated heterocycles. The lowest BCUT2D eigenvalue weighted by atomic mass is 9.93. The van der Waals surface area contributed by atoms with E-state index in [9.17, 15) is 14.7 Å². The first-order valence-electron chi connectivity index (χ1n) is 9.07. The number of nitrogens with zero attached hydrogens (tertiary/aromatic N) is 1. The second-order valence-electron chi connectivity index (χ2n) is 7.01. The molecule has 1 aliphatic heterocycles. The molecule has 3 rings (SSSR count). The van der Waals surface area contributed by atoms with Crippen LogP contribution in [0.3, 0.4) is 0 Å². The van der Waals surface area contributed by atoms with Gasteiger partial charge in [-0.25, -0.2) is 0 Å². The van der Waals surface area contributed by atoms with E-state index in [-0.39, 0.29) is 30.8 Å². The number of carbonyl (C=O) groups is 2. The minimum Gasteiger partial charge on any atom is -0.391 e. The average Bonchev–Trinajstić information content (AvgIpc) is 3.14. The van der Waals surface area contributed by atoms with Crippen LogP contribution < -0.4 is 5.32 Å². The molecule has 2 aliphatic rings. The van der Waals surface area contributed by atoms with E-state index in [4.69, 9.17) is 0 Å². The number of rotatable bonds is 5. The Hall–Kier alpha value is -2.14. The maximum absolute atomic E-state index is 12.4. The van der Waals surface area contributed by atoms with Crippen molar-refractivity contribution in [3.63, 3.8) is 0 Å². The summed E-state index contributed by atoms with van der Waals surface area (Å²) in [5, 5.41) is 13.1. The van der Waals surface area contributed by atoms with Crippen LogP contribution in [-0.2, 0) is 9.59 Å². The Bertz CT molecular complexity index is 665. The molecule has 5 heteroatoms. The van der Waals surface area contributed by atoms with E-state index < -0.39 is 6.10 Å². The van der Waals surface area contributed by atoms with E-state index in [1.54, 1.807) is 11.1 Å². The Morgan fingerprint density at radius 1 is 1.28 bits per heavy atom. The quantitative estimate of drug-likeness (QED) is 0.864. The number of amides is 2. The van der Waals surface area contributed by atoms with Gasteiger partial charge in [0, 0.05) is 19.7 Å². The van der Waals surface area contributed by atoms with Crippen LogP contribution in [0.25, 0.3) is 6.08 Å². The Labute approximate surface area is 148 Å². The Morgan fingerprint density at radius 3 is 2.72 bits per heavy atom. The second kappa shape index (κ2) is 7.83. The van der Waals surface area contributed by atoms with Crippen LogP contribution in [0.5, 0.6) is 0 Å². The van der Waals surface area contributed by atoms with Gasteiger partial charge in [0.15, 0.2) is 0 Å². The fourth-order valence-corrected chi connectivity index (χ4v) is 3.89. The summed E-state index contributed by atoms with van der Waals surface area (Å²) < 4.78 is 0. The maximum atomic E-state index is 12.4. The molecule has 1 aromatic carbocycles. The molecule has 0 spiro atoms. The maximum Gasteiger partial charge on any atom is 0.223 e. The Kier molecular flexibility index (Phi) is 5.53. The molecule has 25 heavy (non-hydrogen) atoms. The summed E-state index contributed by atoms with van der Waals surface area (Å²) in [6.45, 7) is 1.79. The van der Waals surface area contributed by atoms with Crippen molar-refractivity contribution in [2.75, 3.05) is 6.54 Å². The minimum atomic E-state index is -0.478. The molecule has 5 nitrogen and oxygen atoms in total. The molecule has 2 atom stereocenters. The molecule has 0 radical (unpaired) electrons. The largest absolute Gasteiger partial charge is 0.391 e. The molecule has 2 amide bonds. The van der Waals surface area contributed by atoms with Gasteiger partial charge in [0.2, 0.25) is 11.8 Å². The monoisotopic (exact) mass is 342 g/mol. The van der Waals surface area contributed by atoms with E-state index in [1.807, 2.05) is 30.3 Å². The lowest BCUT2D eigenvalue weighted by molar-refractivity contribution is -0.130. The SMILES string of the molecule is CC(=O)N1C=Cc2ccccc2C1CC(=O)NCC(O)C1CCCC1. The highest BCUT2D eigenvalue weighted by Gasteiger charge is 2.29. The standard InChI is InChI=1S/C20H26N2O3/c1-14(23)22-11-10-15-6-4-5-9-17(15)18(22)12-20(25)21-13-19(24)16-7-2-3-8-16/h4-6,9-11,16,18-19,24H,2-3,7-8,12-13H2,1H3,(H,21,25). The van der Waals surface area contributed by atoms with Crippen molar-refractivity contribution >= 4 is 17.9 Å². The fraction of sp³-hybridized carbons (Fsp3) is 0.500. The number of nitrogens with one attached hydrogen (secondary N) is 1. The fourth-order valence-electron chi connectivity index (χ4n) is 3.89. The van der Waals surface area contributed by atoms with Gasteiger partial charge in [-0.2, -0.15) is 0 Å². The summed E-state index contributed by atoms with van der Waals surface area (Å²) in [6, 6.07) is 7.51. The summed E-state index contributed by atoms with van der Waals surface area (Å²) in [5.74, 6) is 0.0697. The van der Waals surface area contributed by atoms with Gasteiger partial charge in [0.05, 0.1) is 18.6 Å². The number of benzene rings is 1. The van der Waals surface area contributed by atoms with E-state index >= 15 is 0 Å². The van der Waals surface area contributed by atoms with Gasteiger partial charge in [-0.3, -0.25) is 9.59 Å². The molecule has 1 aromatic rings. The van der Waals surface area contributed by atoms with Crippen LogP contribution in [0.2, 0.25) is 0 Å². The third-order valence-corrected chi connectivity index (χ3v) is 5.30. The van der Waals surface area contributed by atoms with Gasteiger partial charge >= 0.3 is 0 Å². The second-order valence-corrected chi connectivity index (χ2v) is 7.01. The first-order chi connectivity index (χ1) is 12.1. The van der Waals surface area contributed by atoms with Gasteiger partial charge in [0.1, 0.15) is 0 Å². The lowest BCUT2D eigenvalue weighted by Crippen LogP contribution is -2.39. The summed E-state index contributed by atoms with van der Waals surface area (Å²) in [7, 11) is 0. The predicted octanol–water partition coefficient (Wildman–Crippen LogP) is 2.62. The zero-order valence-corrected chi connectivity index (χ0v) is 14.6. The zero-order chi connectivity index (χ0) is 17.8. The van der Waals surface area contributed by atoms with Crippen LogP contribution >= 0.6 is 0 Å². The van der Waals surface area contributed by atoms with E-state index in [0.717, 1.165) is 36.8 Å². The van der Waals surface area contributed by atoms with E-state index in [1.165, 1.54) is 6.92 Å². The number of hydrogen-bond acceptors (Lipinski definition) is 3. The first kappa shape index (κ1) is 17.7. The topological polar surface area (TPSA) is 69.6 Å². The third kappa shape index (κ3) is 4.10. The van der Waals surface area contributed by atoms with Crippen LogP contribution in [0.4, 0.5) is 0 Å². The third-order valence-electron chi connectivity index (χ3n) is 5.30. The zero-order valence-electron chi connectivity index (χ0n) is 14.6. The van der Waals surface area contributed by atoms with E-state index in [2.05, 4.69) is 5.32 Å². The van der Waals surface area contributed by atoms with E-state index in [0.29, 0.717) is 5.92 Å². The van der Waals surface area contributed by atoms with Crippen molar-refractivity contribution < 1.29 is 14.7 Å². The van der Waals surface area contributed by atoms with Crippen molar-refractivity contribution in [2.24, 2.45) is 5.92 Å².